The van der Waals surface area contributed by atoms with Gasteiger partial charge in [0.2, 0.25) is 0 Å². The van der Waals surface area contributed by atoms with Gasteiger partial charge in [-0.05, 0) is 47.5 Å². The summed E-state index contributed by atoms with van der Waals surface area (Å²) in [4.78, 5) is 2.53. The fourth-order valence-corrected chi connectivity index (χ4v) is 3.55. The lowest BCUT2D eigenvalue weighted by molar-refractivity contribution is 0.619. The van der Waals surface area contributed by atoms with Crippen molar-refractivity contribution in [2.24, 2.45) is 0 Å². The van der Waals surface area contributed by atoms with Gasteiger partial charge >= 0.3 is 0 Å². The fourth-order valence-electron chi connectivity index (χ4n) is 1.94. The van der Waals surface area contributed by atoms with Gasteiger partial charge in [0.1, 0.15) is 5.82 Å². The number of hydrogen-bond acceptors (Lipinski definition) is 3. The molecule has 20 heavy (non-hydrogen) atoms. The second-order valence-electron chi connectivity index (χ2n) is 4.60. The molecule has 102 valence electrons. The van der Waals surface area contributed by atoms with Crippen LogP contribution in [0.5, 0.6) is 0 Å². The quantitative estimate of drug-likeness (QED) is 0.667. The zero-order valence-electron chi connectivity index (χ0n) is 11.0. The van der Waals surface area contributed by atoms with E-state index in [9.17, 15) is 4.39 Å². The molecule has 0 bridgehead atoms. The summed E-state index contributed by atoms with van der Waals surface area (Å²) in [7, 11) is 0. The predicted octanol–water partition coefficient (Wildman–Crippen LogP) is 5.54. The summed E-state index contributed by atoms with van der Waals surface area (Å²) in [5, 5.41) is 7.51. The van der Waals surface area contributed by atoms with E-state index in [1.54, 1.807) is 41.7 Å². The van der Waals surface area contributed by atoms with Crippen LogP contribution in [0.3, 0.4) is 0 Å². The van der Waals surface area contributed by atoms with Gasteiger partial charge in [0.15, 0.2) is 0 Å². The molecule has 0 fully saturated rings. The lowest BCUT2D eigenvalue weighted by Crippen LogP contribution is -1.98. The maximum absolute atomic E-state index is 13.5. The summed E-state index contributed by atoms with van der Waals surface area (Å²) in [6, 6.07) is 11.6. The van der Waals surface area contributed by atoms with Crippen LogP contribution in [0.2, 0.25) is 0 Å². The highest BCUT2D eigenvalue weighted by atomic mass is 32.1. The first-order valence-electron chi connectivity index (χ1n) is 6.34. The minimum Gasteiger partial charge on any atom is -0.380 e. The van der Waals surface area contributed by atoms with Gasteiger partial charge in [0.25, 0.3) is 0 Å². The Kier molecular flexibility index (Phi) is 3.85. The second kappa shape index (κ2) is 5.77. The molecule has 0 saturated heterocycles. The van der Waals surface area contributed by atoms with Crippen LogP contribution in [-0.4, -0.2) is 0 Å². The minimum absolute atomic E-state index is 0.166. The van der Waals surface area contributed by atoms with Crippen molar-refractivity contribution in [3.05, 3.63) is 63.4 Å². The van der Waals surface area contributed by atoms with Crippen molar-refractivity contribution in [1.29, 1.82) is 0 Å². The number of anilines is 1. The Morgan fingerprint density at radius 3 is 2.80 bits per heavy atom. The van der Waals surface area contributed by atoms with Crippen LogP contribution >= 0.6 is 22.7 Å². The predicted molar refractivity (Wildman–Crippen MR) is 86.1 cm³/mol. The smallest absolute Gasteiger partial charge is 0.128 e. The van der Waals surface area contributed by atoms with Crippen molar-refractivity contribution < 1.29 is 4.39 Å². The Morgan fingerprint density at radius 2 is 2.05 bits per heavy atom. The van der Waals surface area contributed by atoms with Gasteiger partial charge in [-0.25, -0.2) is 4.39 Å². The van der Waals surface area contributed by atoms with E-state index in [1.165, 1.54) is 15.3 Å². The van der Waals surface area contributed by atoms with Gasteiger partial charge < -0.3 is 5.32 Å². The van der Waals surface area contributed by atoms with E-state index >= 15 is 0 Å². The lowest BCUT2D eigenvalue weighted by Gasteiger charge is -2.05. The number of aryl methyl sites for hydroxylation is 1. The fraction of sp³-hybridized carbons (Fsp3) is 0.125. The van der Waals surface area contributed by atoms with E-state index in [2.05, 4.69) is 34.3 Å². The van der Waals surface area contributed by atoms with E-state index in [1.807, 2.05) is 6.07 Å². The van der Waals surface area contributed by atoms with Gasteiger partial charge in [-0.15, -0.1) is 22.7 Å². The molecular formula is C16H14FNS2. The van der Waals surface area contributed by atoms with Gasteiger partial charge in [-0.1, -0.05) is 12.1 Å². The van der Waals surface area contributed by atoms with Crippen LogP contribution < -0.4 is 5.32 Å². The third kappa shape index (κ3) is 2.92. The average molecular weight is 303 g/mol. The van der Waals surface area contributed by atoms with Crippen LogP contribution in [0.1, 0.15) is 10.4 Å². The maximum Gasteiger partial charge on any atom is 0.128 e. The minimum atomic E-state index is -0.166. The Bertz CT molecular complexity index is 701. The van der Waals surface area contributed by atoms with Crippen molar-refractivity contribution in [2.75, 3.05) is 5.32 Å². The maximum atomic E-state index is 13.5. The number of rotatable bonds is 4. The number of halogens is 1. The number of nitrogens with one attached hydrogen (secondary N) is 1. The summed E-state index contributed by atoms with van der Waals surface area (Å²) in [6.07, 6.45) is 0. The standard InChI is InChI=1S/C16H14FNS2/c1-11-4-5-13(8-15(11)17)18-9-14-7-12(10-20-14)16-3-2-6-19-16/h2-8,10,18H,9H2,1H3. The highest BCUT2D eigenvalue weighted by Crippen LogP contribution is 2.29. The molecule has 0 amide bonds. The highest BCUT2D eigenvalue weighted by Gasteiger charge is 2.04. The molecule has 3 aromatic rings. The third-order valence-corrected chi connectivity index (χ3v) is 4.95. The highest BCUT2D eigenvalue weighted by molar-refractivity contribution is 7.14. The van der Waals surface area contributed by atoms with Crippen LogP contribution in [-0.2, 0) is 6.54 Å². The molecule has 0 aliphatic heterocycles. The zero-order valence-corrected chi connectivity index (χ0v) is 12.7. The summed E-state index contributed by atoms with van der Waals surface area (Å²) in [6.45, 7) is 2.49. The first-order valence-corrected chi connectivity index (χ1v) is 8.09. The summed E-state index contributed by atoms with van der Waals surface area (Å²) >= 11 is 3.47. The Morgan fingerprint density at radius 1 is 1.15 bits per heavy atom. The Labute approximate surface area is 125 Å². The van der Waals surface area contributed by atoms with Gasteiger partial charge in [-0.3, -0.25) is 0 Å². The summed E-state index contributed by atoms with van der Waals surface area (Å²) in [5.74, 6) is -0.166. The van der Waals surface area contributed by atoms with Crippen molar-refractivity contribution >= 4 is 28.4 Å². The molecule has 4 heteroatoms. The molecule has 0 saturated carbocycles. The molecular weight excluding hydrogens is 289 g/mol. The zero-order chi connectivity index (χ0) is 13.9. The van der Waals surface area contributed by atoms with Crippen LogP contribution in [0.15, 0.2) is 47.2 Å². The molecule has 3 rings (SSSR count). The van der Waals surface area contributed by atoms with E-state index in [0.717, 1.165) is 12.2 Å². The molecule has 1 nitrogen and oxygen atoms in total. The third-order valence-electron chi connectivity index (χ3n) is 3.10. The molecule has 0 radical (unpaired) electrons. The van der Waals surface area contributed by atoms with Crippen LogP contribution in [0, 0.1) is 12.7 Å². The number of thiophene rings is 2. The van der Waals surface area contributed by atoms with Gasteiger partial charge in [0, 0.05) is 27.5 Å². The molecule has 2 heterocycles. The van der Waals surface area contributed by atoms with Crippen LogP contribution in [0.25, 0.3) is 10.4 Å². The van der Waals surface area contributed by atoms with E-state index < -0.39 is 0 Å². The first-order chi connectivity index (χ1) is 9.72. The lowest BCUT2D eigenvalue weighted by atomic mass is 10.2. The van der Waals surface area contributed by atoms with Crippen LogP contribution in [0.4, 0.5) is 10.1 Å². The van der Waals surface area contributed by atoms with E-state index in [4.69, 9.17) is 0 Å². The molecule has 0 spiro atoms. The molecule has 1 N–H and O–H groups in total. The topological polar surface area (TPSA) is 12.0 Å². The SMILES string of the molecule is Cc1ccc(NCc2cc(-c3cccs3)cs2)cc1F. The summed E-state index contributed by atoms with van der Waals surface area (Å²) < 4.78 is 13.5. The normalized spacial score (nSPS) is 10.7. The van der Waals surface area contributed by atoms with Crippen molar-refractivity contribution in [3.63, 3.8) is 0 Å². The van der Waals surface area contributed by atoms with Crippen molar-refractivity contribution in [2.45, 2.75) is 13.5 Å². The molecule has 0 aliphatic rings. The molecule has 0 atom stereocenters. The second-order valence-corrected chi connectivity index (χ2v) is 6.54. The average Bonchev–Trinajstić information content (AvgIpc) is 3.09. The first kappa shape index (κ1) is 13.3. The van der Waals surface area contributed by atoms with Crippen molar-refractivity contribution in [3.8, 4) is 10.4 Å². The van der Waals surface area contributed by atoms with Gasteiger partial charge in [-0.2, -0.15) is 0 Å². The van der Waals surface area contributed by atoms with Crippen molar-refractivity contribution in [1.82, 2.24) is 0 Å². The molecule has 2 aromatic heterocycles. The monoisotopic (exact) mass is 303 g/mol. The number of benzene rings is 1. The Balaban J connectivity index is 1.68. The summed E-state index contributed by atoms with van der Waals surface area (Å²) in [5.41, 5.74) is 2.75. The van der Waals surface area contributed by atoms with E-state index in [0.29, 0.717) is 5.56 Å². The molecule has 0 unspecified atom stereocenters. The number of hydrogen-bond donors (Lipinski definition) is 1. The molecule has 0 aliphatic carbocycles. The largest absolute Gasteiger partial charge is 0.380 e. The molecule has 1 aromatic carbocycles. The Hall–Kier alpha value is -1.65. The van der Waals surface area contributed by atoms with Gasteiger partial charge in [0.05, 0.1) is 0 Å². The van der Waals surface area contributed by atoms with E-state index in [-0.39, 0.29) is 5.82 Å².